The van der Waals surface area contributed by atoms with Crippen LogP contribution in [0.1, 0.15) is 69.4 Å². The molecule has 0 saturated heterocycles. The summed E-state index contributed by atoms with van der Waals surface area (Å²) >= 11 is 2.73. The smallest absolute Gasteiger partial charge is 0.341 e. The lowest BCUT2D eigenvalue weighted by atomic mass is 9.95. The Morgan fingerprint density at radius 2 is 1.93 bits per heavy atom. The van der Waals surface area contributed by atoms with Crippen LogP contribution in [0.5, 0.6) is 0 Å². The number of thiophene rings is 1. The van der Waals surface area contributed by atoms with Gasteiger partial charge >= 0.3 is 5.97 Å². The van der Waals surface area contributed by atoms with E-state index in [1.165, 1.54) is 29.4 Å². The number of aryl methyl sites for hydroxylation is 1. The molecule has 12 heteroatoms. The Kier molecular flexibility index (Phi) is 9.20. The van der Waals surface area contributed by atoms with Crippen molar-refractivity contribution in [3.63, 3.8) is 0 Å². The number of ether oxygens (including phenoxy) is 1. The van der Waals surface area contributed by atoms with Gasteiger partial charge in [-0.15, -0.1) is 21.5 Å². The number of anilines is 1. The summed E-state index contributed by atoms with van der Waals surface area (Å²) in [5.41, 5.74) is 2.51. The maximum Gasteiger partial charge on any atom is 0.341 e. The SMILES string of the molecule is CCOC(=O)c1c(NC(=O)[C@@H](C)Sc2nnc(CNC(=O)c3ccco3)n2Cc2ccccc2)sc2c1CCCC2. The number of nitrogens with zero attached hydrogens (tertiary/aromatic N) is 3. The number of esters is 1. The van der Waals surface area contributed by atoms with Crippen molar-refractivity contribution in [2.24, 2.45) is 0 Å². The number of thioether (sulfide) groups is 1. The molecule has 0 saturated carbocycles. The second-order valence-corrected chi connectivity index (χ2v) is 11.9. The van der Waals surface area contributed by atoms with Crippen LogP contribution in [-0.4, -0.2) is 44.4 Å². The molecule has 3 heterocycles. The van der Waals surface area contributed by atoms with Crippen LogP contribution < -0.4 is 10.6 Å². The van der Waals surface area contributed by atoms with E-state index in [0.29, 0.717) is 28.1 Å². The Morgan fingerprint density at radius 1 is 1.12 bits per heavy atom. The van der Waals surface area contributed by atoms with E-state index in [1.807, 2.05) is 34.9 Å². The lowest BCUT2D eigenvalue weighted by molar-refractivity contribution is -0.115. The predicted octanol–water partition coefficient (Wildman–Crippen LogP) is 5.09. The molecule has 5 rings (SSSR count). The minimum absolute atomic E-state index is 0.129. The van der Waals surface area contributed by atoms with Crippen molar-refractivity contribution >= 4 is 45.9 Å². The van der Waals surface area contributed by atoms with Gasteiger partial charge < -0.3 is 24.4 Å². The zero-order chi connectivity index (χ0) is 28.8. The van der Waals surface area contributed by atoms with Gasteiger partial charge in [-0.3, -0.25) is 9.59 Å². The van der Waals surface area contributed by atoms with Gasteiger partial charge in [0, 0.05) is 4.88 Å². The number of fused-ring (bicyclic) bond motifs is 1. The number of hydrogen-bond acceptors (Lipinski definition) is 9. The zero-order valence-corrected chi connectivity index (χ0v) is 24.5. The van der Waals surface area contributed by atoms with Crippen LogP contribution in [0, 0.1) is 0 Å². The van der Waals surface area contributed by atoms with Crippen LogP contribution >= 0.6 is 23.1 Å². The molecule has 0 bridgehead atoms. The van der Waals surface area contributed by atoms with Crippen molar-refractivity contribution < 1.29 is 23.5 Å². The molecule has 4 aromatic rings. The Bertz CT molecular complexity index is 1510. The van der Waals surface area contributed by atoms with Crippen LogP contribution in [0.4, 0.5) is 5.00 Å². The molecule has 41 heavy (non-hydrogen) atoms. The molecule has 0 unspecified atom stereocenters. The standard InChI is InChI=1S/C29H31N5O5S2/c1-3-38-28(37)24-20-12-7-8-14-22(20)41-27(24)31-25(35)18(2)40-29-33-32-23(16-30-26(36)21-13-9-15-39-21)34(29)17-19-10-5-4-6-11-19/h4-6,9-11,13,15,18H,3,7-8,12,14,16-17H2,1-2H3,(H,30,36)(H,31,35)/t18-/m1/s1. The molecule has 214 valence electrons. The Morgan fingerprint density at radius 3 is 2.68 bits per heavy atom. The van der Waals surface area contributed by atoms with Crippen LogP contribution in [0.2, 0.25) is 0 Å². The van der Waals surface area contributed by atoms with E-state index in [1.54, 1.807) is 26.0 Å². The molecular weight excluding hydrogens is 562 g/mol. The molecule has 1 aliphatic rings. The number of carbonyl (C=O) groups is 3. The quantitative estimate of drug-likeness (QED) is 0.182. The first-order chi connectivity index (χ1) is 19.9. The van der Waals surface area contributed by atoms with Gasteiger partial charge in [0.2, 0.25) is 5.91 Å². The highest BCUT2D eigenvalue weighted by Gasteiger charge is 2.29. The van der Waals surface area contributed by atoms with E-state index in [-0.39, 0.29) is 30.7 Å². The summed E-state index contributed by atoms with van der Waals surface area (Å²) in [6.45, 7) is 4.42. The summed E-state index contributed by atoms with van der Waals surface area (Å²) in [6.07, 6.45) is 5.22. The van der Waals surface area contributed by atoms with E-state index in [0.717, 1.165) is 41.7 Å². The second-order valence-electron chi connectivity index (χ2n) is 9.52. The van der Waals surface area contributed by atoms with Crippen LogP contribution in [0.25, 0.3) is 0 Å². The van der Waals surface area contributed by atoms with Gasteiger partial charge in [-0.1, -0.05) is 42.1 Å². The van der Waals surface area contributed by atoms with Crippen molar-refractivity contribution in [2.45, 2.75) is 63.0 Å². The Labute approximate surface area is 245 Å². The number of rotatable bonds is 11. The van der Waals surface area contributed by atoms with Gasteiger partial charge in [-0.2, -0.15) is 0 Å². The fourth-order valence-electron chi connectivity index (χ4n) is 4.61. The summed E-state index contributed by atoms with van der Waals surface area (Å²) < 4.78 is 12.4. The highest BCUT2D eigenvalue weighted by Crippen LogP contribution is 2.39. The van der Waals surface area contributed by atoms with Gasteiger partial charge in [0.25, 0.3) is 5.91 Å². The predicted molar refractivity (Wildman–Crippen MR) is 156 cm³/mol. The van der Waals surface area contributed by atoms with Crippen molar-refractivity contribution in [2.75, 3.05) is 11.9 Å². The lowest BCUT2D eigenvalue weighted by Crippen LogP contribution is -2.25. The summed E-state index contributed by atoms with van der Waals surface area (Å²) in [5, 5.41) is 15.0. The Balaban J connectivity index is 1.33. The summed E-state index contributed by atoms with van der Waals surface area (Å²) in [6, 6.07) is 13.1. The first-order valence-corrected chi connectivity index (χ1v) is 15.2. The molecule has 0 radical (unpaired) electrons. The van der Waals surface area contributed by atoms with Crippen molar-refractivity contribution in [1.29, 1.82) is 0 Å². The zero-order valence-electron chi connectivity index (χ0n) is 22.8. The minimum atomic E-state index is -0.548. The molecule has 0 spiro atoms. The molecule has 10 nitrogen and oxygen atoms in total. The van der Waals surface area contributed by atoms with Gasteiger partial charge in [-0.05, 0) is 62.8 Å². The normalized spacial score (nSPS) is 13.3. The molecule has 1 aromatic carbocycles. The fourth-order valence-corrected chi connectivity index (χ4v) is 6.76. The minimum Gasteiger partial charge on any atom is -0.462 e. The van der Waals surface area contributed by atoms with Crippen molar-refractivity contribution in [3.8, 4) is 0 Å². The second kappa shape index (κ2) is 13.2. The highest BCUT2D eigenvalue weighted by atomic mass is 32.2. The summed E-state index contributed by atoms with van der Waals surface area (Å²) in [5.74, 6) is -0.259. The van der Waals surface area contributed by atoms with E-state index in [4.69, 9.17) is 9.15 Å². The Hall–Kier alpha value is -3.90. The molecule has 0 aliphatic heterocycles. The van der Waals surface area contributed by atoms with E-state index >= 15 is 0 Å². The van der Waals surface area contributed by atoms with E-state index in [9.17, 15) is 14.4 Å². The van der Waals surface area contributed by atoms with Crippen LogP contribution in [0.3, 0.4) is 0 Å². The molecule has 1 atom stereocenters. The first kappa shape index (κ1) is 28.6. The van der Waals surface area contributed by atoms with Gasteiger partial charge in [0.05, 0.1) is 36.8 Å². The first-order valence-electron chi connectivity index (χ1n) is 13.5. The summed E-state index contributed by atoms with van der Waals surface area (Å²) in [4.78, 5) is 39.8. The average molecular weight is 594 g/mol. The van der Waals surface area contributed by atoms with E-state index < -0.39 is 11.2 Å². The molecule has 1 aliphatic carbocycles. The van der Waals surface area contributed by atoms with Crippen LogP contribution in [0.15, 0.2) is 58.3 Å². The van der Waals surface area contributed by atoms with Crippen molar-refractivity contribution in [1.82, 2.24) is 20.1 Å². The molecule has 0 fully saturated rings. The fraction of sp³-hybridized carbons (Fsp3) is 0.345. The maximum atomic E-state index is 13.4. The number of furan rings is 1. The molecule has 2 N–H and O–H groups in total. The summed E-state index contributed by atoms with van der Waals surface area (Å²) in [7, 11) is 0. The van der Waals surface area contributed by atoms with Gasteiger partial charge in [0.1, 0.15) is 5.00 Å². The highest BCUT2D eigenvalue weighted by molar-refractivity contribution is 8.00. The van der Waals surface area contributed by atoms with Gasteiger partial charge in [-0.25, -0.2) is 4.79 Å². The topological polar surface area (TPSA) is 128 Å². The molecule has 3 aromatic heterocycles. The third-order valence-corrected chi connectivity index (χ3v) is 8.96. The lowest BCUT2D eigenvalue weighted by Gasteiger charge is -2.15. The average Bonchev–Trinajstić information content (AvgIpc) is 3.72. The number of amides is 2. The molecular formula is C29H31N5O5S2. The monoisotopic (exact) mass is 593 g/mol. The van der Waals surface area contributed by atoms with E-state index in [2.05, 4.69) is 20.8 Å². The maximum absolute atomic E-state index is 13.4. The molecule has 2 amide bonds. The van der Waals surface area contributed by atoms with Crippen LogP contribution in [-0.2, 0) is 35.5 Å². The number of hydrogen-bond donors (Lipinski definition) is 2. The third kappa shape index (κ3) is 6.71. The van der Waals surface area contributed by atoms with Gasteiger partial charge in [0.15, 0.2) is 16.7 Å². The van der Waals surface area contributed by atoms with Crippen molar-refractivity contribution in [3.05, 3.63) is 81.9 Å². The number of nitrogens with one attached hydrogen (secondary N) is 2. The number of carbonyl (C=O) groups excluding carboxylic acids is 3. The number of benzene rings is 1. The third-order valence-electron chi connectivity index (χ3n) is 6.67. The number of aromatic nitrogens is 3. The largest absolute Gasteiger partial charge is 0.462 e.